The van der Waals surface area contributed by atoms with E-state index in [-0.39, 0.29) is 11.5 Å². The van der Waals surface area contributed by atoms with Gasteiger partial charge in [-0.25, -0.2) is 14.4 Å². The van der Waals surface area contributed by atoms with E-state index < -0.39 is 12.4 Å². The van der Waals surface area contributed by atoms with Crippen LogP contribution in [0.5, 0.6) is 0 Å². The Bertz CT molecular complexity index is 1140. The van der Waals surface area contributed by atoms with E-state index in [1.165, 1.54) is 24.4 Å². The highest BCUT2D eigenvalue weighted by Gasteiger charge is 2.12. The van der Waals surface area contributed by atoms with E-state index in [0.717, 1.165) is 5.56 Å². The van der Waals surface area contributed by atoms with Gasteiger partial charge in [0.15, 0.2) is 5.65 Å². The molecule has 0 aliphatic rings. The van der Waals surface area contributed by atoms with Crippen molar-refractivity contribution in [3.63, 3.8) is 0 Å². The standard InChI is InChI=1S/C21H17FN4O2/c22-18-7-6-17(8-16(18)12-27)25-21(28)15-9-19-20(23-10-15)26(13-24-19)11-14-4-2-1-3-5-14/h1-10,13,27H,11-12H2,(H,25,28). The average molecular weight is 376 g/mol. The molecule has 0 spiro atoms. The number of hydrogen-bond donors (Lipinski definition) is 2. The second-order valence-electron chi connectivity index (χ2n) is 6.34. The number of aliphatic hydroxyl groups is 1. The van der Waals surface area contributed by atoms with E-state index >= 15 is 0 Å². The molecule has 6 nitrogen and oxygen atoms in total. The third kappa shape index (κ3) is 3.60. The molecule has 2 N–H and O–H groups in total. The zero-order valence-corrected chi connectivity index (χ0v) is 14.8. The zero-order chi connectivity index (χ0) is 19.5. The second kappa shape index (κ2) is 7.58. The van der Waals surface area contributed by atoms with E-state index in [1.807, 2.05) is 34.9 Å². The molecule has 2 aromatic heterocycles. The van der Waals surface area contributed by atoms with Gasteiger partial charge in [0.1, 0.15) is 11.3 Å². The Hall–Kier alpha value is -3.58. The number of imidazole rings is 1. The van der Waals surface area contributed by atoms with Gasteiger partial charge in [-0.05, 0) is 29.8 Å². The summed E-state index contributed by atoms with van der Waals surface area (Å²) in [6, 6.07) is 15.7. The van der Waals surface area contributed by atoms with Crippen molar-refractivity contribution in [1.29, 1.82) is 0 Å². The highest BCUT2D eigenvalue weighted by atomic mass is 19.1. The number of hydrogen-bond acceptors (Lipinski definition) is 4. The predicted molar refractivity (Wildman–Crippen MR) is 103 cm³/mol. The van der Waals surface area contributed by atoms with Crippen LogP contribution < -0.4 is 5.32 Å². The molecule has 0 aliphatic carbocycles. The minimum Gasteiger partial charge on any atom is -0.392 e. The molecule has 0 atom stereocenters. The van der Waals surface area contributed by atoms with Gasteiger partial charge in [-0.2, -0.15) is 0 Å². The number of carbonyl (C=O) groups is 1. The summed E-state index contributed by atoms with van der Waals surface area (Å²) < 4.78 is 15.4. The fourth-order valence-electron chi connectivity index (χ4n) is 2.95. The second-order valence-corrected chi connectivity index (χ2v) is 6.34. The van der Waals surface area contributed by atoms with Crippen molar-refractivity contribution in [1.82, 2.24) is 14.5 Å². The average Bonchev–Trinajstić information content (AvgIpc) is 3.12. The van der Waals surface area contributed by atoms with E-state index in [2.05, 4.69) is 15.3 Å². The number of carbonyl (C=O) groups excluding carboxylic acids is 1. The van der Waals surface area contributed by atoms with E-state index in [1.54, 1.807) is 12.4 Å². The lowest BCUT2D eigenvalue weighted by Gasteiger charge is -2.08. The normalized spacial score (nSPS) is 10.9. The molecule has 4 aromatic rings. The number of benzene rings is 2. The van der Waals surface area contributed by atoms with Gasteiger partial charge in [-0.15, -0.1) is 0 Å². The number of nitrogens with one attached hydrogen (secondary N) is 1. The number of amides is 1. The molecule has 28 heavy (non-hydrogen) atoms. The summed E-state index contributed by atoms with van der Waals surface area (Å²) >= 11 is 0. The lowest BCUT2D eigenvalue weighted by molar-refractivity contribution is 0.102. The fourth-order valence-corrected chi connectivity index (χ4v) is 2.95. The number of aromatic nitrogens is 3. The van der Waals surface area contributed by atoms with Crippen molar-refractivity contribution >= 4 is 22.8 Å². The summed E-state index contributed by atoms with van der Waals surface area (Å²) in [5, 5.41) is 11.8. The molecular formula is C21H17FN4O2. The number of halogens is 1. The molecule has 0 bridgehead atoms. The Balaban J connectivity index is 1.55. The monoisotopic (exact) mass is 376 g/mol. The third-order valence-corrected chi connectivity index (χ3v) is 4.39. The summed E-state index contributed by atoms with van der Waals surface area (Å²) in [6.07, 6.45) is 3.18. The first-order valence-corrected chi connectivity index (χ1v) is 8.69. The van der Waals surface area contributed by atoms with Crippen LogP contribution in [0.4, 0.5) is 10.1 Å². The van der Waals surface area contributed by atoms with Gasteiger partial charge < -0.3 is 15.0 Å². The summed E-state index contributed by atoms with van der Waals surface area (Å²) in [6.45, 7) is 0.192. The molecule has 1 amide bonds. The molecule has 7 heteroatoms. The minimum atomic E-state index is -0.521. The smallest absolute Gasteiger partial charge is 0.257 e. The minimum absolute atomic E-state index is 0.117. The van der Waals surface area contributed by atoms with Crippen molar-refractivity contribution in [2.24, 2.45) is 0 Å². The largest absolute Gasteiger partial charge is 0.392 e. The SMILES string of the molecule is O=C(Nc1ccc(F)c(CO)c1)c1cnc2c(c1)ncn2Cc1ccccc1. The molecule has 0 unspecified atom stereocenters. The van der Waals surface area contributed by atoms with Gasteiger partial charge >= 0.3 is 0 Å². The summed E-state index contributed by atoms with van der Waals surface area (Å²) in [5.74, 6) is -0.907. The molecule has 0 aliphatic heterocycles. The Kier molecular flexibility index (Phi) is 4.82. The van der Waals surface area contributed by atoms with Crippen LogP contribution in [-0.4, -0.2) is 25.5 Å². The highest BCUT2D eigenvalue weighted by molar-refractivity contribution is 6.05. The lowest BCUT2D eigenvalue weighted by atomic mass is 10.2. The van der Waals surface area contributed by atoms with Gasteiger partial charge in [-0.1, -0.05) is 30.3 Å². The Morgan fingerprint density at radius 2 is 1.93 bits per heavy atom. The van der Waals surface area contributed by atoms with Gasteiger partial charge in [0, 0.05) is 17.4 Å². The van der Waals surface area contributed by atoms with E-state index in [4.69, 9.17) is 5.11 Å². The first kappa shape index (κ1) is 17.8. The first-order chi connectivity index (χ1) is 13.6. The molecular weight excluding hydrogens is 359 g/mol. The maximum Gasteiger partial charge on any atom is 0.257 e. The molecule has 0 saturated carbocycles. The predicted octanol–water partition coefficient (Wildman–Crippen LogP) is 3.36. The van der Waals surface area contributed by atoms with Crippen LogP contribution in [0.25, 0.3) is 11.2 Å². The quantitative estimate of drug-likeness (QED) is 0.560. The van der Waals surface area contributed by atoms with Crippen molar-refractivity contribution in [2.45, 2.75) is 13.2 Å². The maximum absolute atomic E-state index is 13.5. The number of anilines is 1. The molecule has 140 valence electrons. The Labute approximate surface area is 160 Å². The van der Waals surface area contributed by atoms with Crippen molar-refractivity contribution in [2.75, 3.05) is 5.32 Å². The highest BCUT2D eigenvalue weighted by Crippen LogP contribution is 2.18. The van der Waals surface area contributed by atoms with Crippen molar-refractivity contribution in [3.05, 3.63) is 89.6 Å². The van der Waals surface area contributed by atoms with Crippen molar-refractivity contribution < 1.29 is 14.3 Å². The third-order valence-electron chi connectivity index (χ3n) is 4.39. The molecule has 0 fully saturated rings. The summed E-state index contributed by atoms with van der Waals surface area (Å²) in [4.78, 5) is 21.2. The fraction of sp³-hybridized carbons (Fsp3) is 0.0952. The van der Waals surface area contributed by atoms with Gasteiger partial charge in [-0.3, -0.25) is 4.79 Å². The van der Waals surface area contributed by atoms with Crippen LogP contribution in [-0.2, 0) is 13.2 Å². The van der Waals surface area contributed by atoms with E-state index in [9.17, 15) is 9.18 Å². The van der Waals surface area contributed by atoms with Crippen LogP contribution in [0.3, 0.4) is 0 Å². The summed E-state index contributed by atoms with van der Waals surface area (Å²) in [7, 11) is 0. The maximum atomic E-state index is 13.5. The van der Waals surface area contributed by atoms with Gasteiger partial charge in [0.25, 0.3) is 5.91 Å². The van der Waals surface area contributed by atoms with Crippen LogP contribution in [0, 0.1) is 5.82 Å². The molecule has 2 aromatic carbocycles. The van der Waals surface area contributed by atoms with E-state index in [0.29, 0.717) is 29.0 Å². The Morgan fingerprint density at radius 3 is 2.71 bits per heavy atom. The van der Waals surface area contributed by atoms with Crippen LogP contribution in [0.15, 0.2) is 67.1 Å². The van der Waals surface area contributed by atoms with Gasteiger partial charge in [0.2, 0.25) is 0 Å². The molecule has 4 rings (SSSR count). The Morgan fingerprint density at radius 1 is 1.11 bits per heavy atom. The first-order valence-electron chi connectivity index (χ1n) is 8.69. The lowest BCUT2D eigenvalue weighted by Crippen LogP contribution is -2.13. The van der Waals surface area contributed by atoms with Gasteiger partial charge in [0.05, 0.1) is 25.0 Å². The number of aliphatic hydroxyl groups excluding tert-OH is 1. The van der Waals surface area contributed by atoms with Crippen molar-refractivity contribution in [3.8, 4) is 0 Å². The number of pyridine rings is 1. The molecule has 0 radical (unpaired) electrons. The zero-order valence-electron chi connectivity index (χ0n) is 14.8. The van der Waals surface area contributed by atoms with Crippen LogP contribution >= 0.6 is 0 Å². The van der Waals surface area contributed by atoms with Crippen LogP contribution in [0.1, 0.15) is 21.5 Å². The molecule has 0 saturated heterocycles. The van der Waals surface area contributed by atoms with Crippen LogP contribution in [0.2, 0.25) is 0 Å². The number of rotatable bonds is 5. The topological polar surface area (TPSA) is 80.0 Å². The number of nitrogens with zero attached hydrogens (tertiary/aromatic N) is 3. The molecule has 2 heterocycles. The number of fused-ring (bicyclic) bond motifs is 1. The summed E-state index contributed by atoms with van der Waals surface area (Å²) in [5.41, 5.74) is 3.27.